The third-order valence-electron chi connectivity index (χ3n) is 6.06. The smallest absolute Gasteiger partial charge is 0.294 e. The van der Waals surface area contributed by atoms with Gasteiger partial charge in [0, 0.05) is 15.7 Å². The number of thioether (sulfide) groups is 1. The highest BCUT2D eigenvalue weighted by Gasteiger charge is 2.36. The Balaban J connectivity index is 1.48. The van der Waals surface area contributed by atoms with Crippen LogP contribution in [-0.2, 0) is 16.2 Å². The van der Waals surface area contributed by atoms with Crippen molar-refractivity contribution in [3.8, 4) is 17.6 Å². The number of nitriles is 1. The number of nitrogens with one attached hydrogen (secondary N) is 1. The summed E-state index contributed by atoms with van der Waals surface area (Å²) < 4.78 is 12.0. The van der Waals surface area contributed by atoms with Gasteiger partial charge in [-0.25, -0.2) is 0 Å². The minimum Gasteiger partial charge on any atom is -0.493 e. The van der Waals surface area contributed by atoms with Gasteiger partial charge in [-0.2, -0.15) is 5.26 Å². The molecule has 0 radical (unpaired) electrons. The number of hydrogen-bond acceptors (Lipinski definition) is 7. The SMILES string of the molecule is COc1cc(/C=C2/SC(=O)N(CC(=O)Nc3ccc(C)c(C)c3)C2=O)c(Br)cc1OCc1ccccc1C#N. The van der Waals surface area contributed by atoms with E-state index in [2.05, 4.69) is 27.3 Å². The van der Waals surface area contributed by atoms with Gasteiger partial charge in [-0.15, -0.1) is 0 Å². The molecule has 0 atom stereocenters. The quantitative estimate of drug-likeness (QED) is 0.304. The van der Waals surface area contributed by atoms with Crippen LogP contribution in [0, 0.1) is 25.2 Å². The van der Waals surface area contributed by atoms with Crippen LogP contribution in [-0.4, -0.2) is 35.6 Å². The highest BCUT2D eigenvalue weighted by Crippen LogP contribution is 2.38. The maximum absolute atomic E-state index is 13.0. The molecule has 8 nitrogen and oxygen atoms in total. The third kappa shape index (κ3) is 6.50. The largest absolute Gasteiger partial charge is 0.493 e. The fraction of sp³-hybridized carbons (Fsp3) is 0.172. The van der Waals surface area contributed by atoms with Crippen LogP contribution in [0.3, 0.4) is 0 Å². The molecule has 0 bridgehead atoms. The van der Waals surface area contributed by atoms with Gasteiger partial charge in [0.25, 0.3) is 11.1 Å². The average molecular weight is 606 g/mol. The summed E-state index contributed by atoms with van der Waals surface area (Å²) in [6, 6.07) is 18.2. The Labute approximate surface area is 238 Å². The lowest BCUT2D eigenvalue weighted by Gasteiger charge is -2.14. The van der Waals surface area contributed by atoms with Gasteiger partial charge in [-0.1, -0.05) is 40.2 Å². The van der Waals surface area contributed by atoms with Crippen LogP contribution >= 0.6 is 27.7 Å². The number of methoxy groups -OCH3 is 1. The number of aryl methyl sites for hydroxylation is 2. The second kappa shape index (κ2) is 12.2. The number of halogens is 1. The summed E-state index contributed by atoms with van der Waals surface area (Å²) in [5.74, 6) is -0.181. The predicted octanol–water partition coefficient (Wildman–Crippen LogP) is 6.20. The predicted molar refractivity (Wildman–Crippen MR) is 153 cm³/mol. The number of nitrogens with zero attached hydrogens (tertiary/aromatic N) is 2. The minimum absolute atomic E-state index is 0.162. The first-order valence-corrected chi connectivity index (χ1v) is 13.4. The molecular formula is C29H24BrN3O5S. The van der Waals surface area contributed by atoms with Crippen LogP contribution < -0.4 is 14.8 Å². The van der Waals surface area contributed by atoms with Crippen LogP contribution in [0.2, 0.25) is 0 Å². The second-order valence-electron chi connectivity index (χ2n) is 8.70. The third-order valence-corrected chi connectivity index (χ3v) is 7.65. The van der Waals surface area contributed by atoms with Crippen LogP contribution in [0.1, 0.15) is 27.8 Å². The number of ether oxygens (including phenoxy) is 2. The van der Waals surface area contributed by atoms with E-state index in [9.17, 15) is 19.6 Å². The molecule has 1 aliphatic heterocycles. The van der Waals surface area contributed by atoms with Gasteiger partial charge >= 0.3 is 0 Å². The van der Waals surface area contributed by atoms with Gasteiger partial charge in [0.1, 0.15) is 13.2 Å². The van der Waals surface area contributed by atoms with Crippen LogP contribution in [0.25, 0.3) is 6.08 Å². The van der Waals surface area contributed by atoms with Crippen LogP contribution in [0.4, 0.5) is 10.5 Å². The molecule has 0 aromatic heterocycles. The lowest BCUT2D eigenvalue weighted by molar-refractivity contribution is -0.127. The Morgan fingerprint density at radius 1 is 1.10 bits per heavy atom. The summed E-state index contributed by atoms with van der Waals surface area (Å²) in [4.78, 5) is 39.2. The topological polar surface area (TPSA) is 109 Å². The zero-order valence-electron chi connectivity index (χ0n) is 21.4. The molecule has 1 heterocycles. The summed E-state index contributed by atoms with van der Waals surface area (Å²) in [6.07, 6.45) is 1.56. The first-order chi connectivity index (χ1) is 18.7. The lowest BCUT2D eigenvalue weighted by atomic mass is 10.1. The van der Waals surface area contributed by atoms with Crippen LogP contribution in [0.15, 0.2) is 64.0 Å². The Morgan fingerprint density at radius 2 is 1.87 bits per heavy atom. The fourth-order valence-corrected chi connectivity index (χ4v) is 5.05. The molecule has 0 aliphatic carbocycles. The molecule has 3 aromatic carbocycles. The van der Waals surface area contributed by atoms with E-state index in [4.69, 9.17) is 9.47 Å². The average Bonchev–Trinajstić information content (AvgIpc) is 3.18. The minimum atomic E-state index is -0.556. The second-order valence-corrected chi connectivity index (χ2v) is 10.5. The van der Waals surface area contributed by atoms with Gasteiger partial charge in [0.15, 0.2) is 11.5 Å². The zero-order chi connectivity index (χ0) is 28.1. The van der Waals surface area contributed by atoms with E-state index in [1.54, 1.807) is 36.4 Å². The molecule has 1 saturated heterocycles. The molecule has 1 fully saturated rings. The molecule has 4 rings (SSSR count). The number of carbonyl (C=O) groups is 3. The van der Waals surface area contributed by atoms with Gasteiger partial charge in [-0.3, -0.25) is 19.3 Å². The summed E-state index contributed by atoms with van der Waals surface area (Å²) in [7, 11) is 1.49. The molecule has 1 aliphatic rings. The standard InChI is InChI=1S/C29H24BrN3O5S/c1-17-8-9-22(10-18(17)2)32-27(34)15-33-28(35)26(39-29(33)36)12-21-11-24(37-3)25(13-23(21)30)38-16-20-7-5-4-6-19(20)14-31/h4-13H,15-16H2,1-3H3,(H,32,34)/b26-12+. The normalized spacial score (nSPS) is 13.9. The number of amides is 3. The maximum atomic E-state index is 13.0. The van der Waals surface area contributed by atoms with Crippen molar-refractivity contribution in [3.05, 3.63) is 91.8 Å². The highest BCUT2D eigenvalue weighted by molar-refractivity contribution is 9.10. The van der Waals surface area contributed by atoms with Crippen molar-refractivity contribution < 1.29 is 23.9 Å². The van der Waals surface area contributed by atoms with Crippen molar-refractivity contribution in [1.29, 1.82) is 5.26 Å². The Hall–Kier alpha value is -4.07. The molecule has 3 aromatic rings. The molecule has 10 heteroatoms. The summed E-state index contributed by atoms with van der Waals surface area (Å²) >= 11 is 4.26. The van der Waals surface area contributed by atoms with Gasteiger partial charge in [0.05, 0.1) is 23.6 Å². The Kier molecular flexibility index (Phi) is 8.74. The molecule has 198 valence electrons. The monoisotopic (exact) mass is 605 g/mol. The Bertz CT molecular complexity index is 1550. The molecular weight excluding hydrogens is 582 g/mol. The highest BCUT2D eigenvalue weighted by atomic mass is 79.9. The molecule has 0 spiro atoms. The van der Waals surface area contributed by atoms with E-state index in [-0.39, 0.29) is 11.5 Å². The zero-order valence-corrected chi connectivity index (χ0v) is 23.8. The number of rotatable bonds is 8. The van der Waals surface area contributed by atoms with Crippen LogP contribution in [0.5, 0.6) is 11.5 Å². The lowest BCUT2D eigenvalue weighted by Crippen LogP contribution is -2.36. The molecule has 3 amide bonds. The maximum Gasteiger partial charge on any atom is 0.294 e. The van der Waals surface area contributed by atoms with Crippen molar-refractivity contribution in [2.75, 3.05) is 19.0 Å². The van der Waals surface area contributed by atoms with E-state index < -0.39 is 23.6 Å². The number of carbonyl (C=O) groups excluding carboxylic acids is 3. The molecule has 0 saturated carbocycles. The van der Waals surface area contributed by atoms with E-state index in [0.29, 0.717) is 32.8 Å². The van der Waals surface area contributed by atoms with Crippen molar-refractivity contribution in [2.24, 2.45) is 0 Å². The van der Waals surface area contributed by atoms with E-state index >= 15 is 0 Å². The summed E-state index contributed by atoms with van der Waals surface area (Å²) in [5.41, 5.74) is 4.55. The van der Waals surface area contributed by atoms with E-state index in [1.807, 2.05) is 38.1 Å². The summed E-state index contributed by atoms with van der Waals surface area (Å²) in [6.45, 7) is 3.68. The molecule has 0 unspecified atom stereocenters. The van der Waals surface area contributed by atoms with Crippen molar-refractivity contribution in [3.63, 3.8) is 0 Å². The van der Waals surface area contributed by atoms with Gasteiger partial charge in [0.2, 0.25) is 5.91 Å². The van der Waals surface area contributed by atoms with Gasteiger partial charge < -0.3 is 14.8 Å². The van der Waals surface area contributed by atoms with Gasteiger partial charge in [-0.05, 0) is 78.7 Å². The fourth-order valence-electron chi connectivity index (χ4n) is 3.79. The molecule has 39 heavy (non-hydrogen) atoms. The number of benzene rings is 3. The number of hydrogen-bond donors (Lipinski definition) is 1. The van der Waals surface area contributed by atoms with E-state index in [0.717, 1.165) is 33.4 Å². The Morgan fingerprint density at radius 3 is 2.59 bits per heavy atom. The van der Waals surface area contributed by atoms with Crippen molar-refractivity contribution >= 4 is 56.5 Å². The number of anilines is 1. The molecule has 1 N–H and O–H groups in total. The summed E-state index contributed by atoms with van der Waals surface area (Å²) in [5, 5.41) is 11.5. The van der Waals surface area contributed by atoms with Crippen molar-refractivity contribution in [2.45, 2.75) is 20.5 Å². The first kappa shape index (κ1) is 28.0. The number of imide groups is 1. The van der Waals surface area contributed by atoms with E-state index in [1.165, 1.54) is 7.11 Å². The first-order valence-electron chi connectivity index (χ1n) is 11.8. The van der Waals surface area contributed by atoms with Crippen molar-refractivity contribution in [1.82, 2.24) is 4.90 Å².